The van der Waals surface area contributed by atoms with Crippen LogP contribution in [0.15, 0.2) is 11.4 Å². The number of nitrogens with zero attached hydrogens (tertiary/aromatic N) is 2. The molecule has 0 radical (unpaired) electrons. The van der Waals surface area contributed by atoms with E-state index >= 15 is 0 Å². The lowest BCUT2D eigenvalue weighted by Gasteiger charge is -2.26. The van der Waals surface area contributed by atoms with Gasteiger partial charge in [-0.25, -0.2) is 4.98 Å². The van der Waals surface area contributed by atoms with Crippen LogP contribution in [0.2, 0.25) is 0 Å². The molecule has 0 fully saturated rings. The summed E-state index contributed by atoms with van der Waals surface area (Å²) < 4.78 is 0. The summed E-state index contributed by atoms with van der Waals surface area (Å²) in [5, 5.41) is 5.99. The lowest BCUT2D eigenvalue weighted by Crippen LogP contribution is -2.35. The molecule has 0 atom stereocenters. The highest BCUT2D eigenvalue weighted by Crippen LogP contribution is 2.30. The Morgan fingerprint density at radius 1 is 1.52 bits per heavy atom. The lowest BCUT2D eigenvalue weighted by molar-refractivity contribution is 0.0741. The first-order chi connectivity index (χ1) is 10.0. The number of hydrogen-bond acceptors (Lipinski definition) is 6. The average molecular weight is 322 g/mol. The van der Waals surface area contributed by atoms with Crippen LogP contribution in [0.1, 0.15) is 34.0 Å². The number of carbonyl (C=O) groups excluding carboxylic acids is 1. The SMILES string of the molecule is CC(C)Nc1nc(N)c(C(=O)N2CCc3sccc3C2)s1. The molecule has 1 amide bonds. The third kappa shape index (κ3) is 2.89. The van der Waals surface area contributed by atoms with Crippen molar-refractivity contribution in [2.45, 2.75) is 32.9 Å². The summed E-state index contributed by atoms with van der Waals surface area (Å²) in [7, 11) is 0. The van der Waals surface area contributed by atoms with Crippen molar-refractivity contribution in [2.75, 3.05) is 17.6 Å². The Morgan fingerprint density at radius 3 is 3.10 bits per heavy atom. The van der Waals surface area contributed by atoms with Crippen molar-refractivity contribution in [3.8, 4) is 0 Å². The van der Waals surface area contributed by atoms with Gasteiger partial charge in [0, 0.05) is 24.0 Å². The van der Waals surface area contributed by atoms with Crippen molar-refractivity contribution in [3.05, 3.63) is 26.8 Å². The second-order valence-corrected chi connectivity index (χ2v) is 7.38. The molecular formula is C14H18N4OS2. The molecule has 2 aromatic rings. The number of nitrogen functional groups attached to an aromatic ring is 1. The van der Waals surface area contributed by atoms with Gasteiger partial charge in [0.2, 0.25) is 0 Å². The zero-order valence-electron chi connectivity index (χ0n) is 12.0. The fraction of sp³-hybridized carbons (Fsp3) is 0.429. The van der Waals surface area contributed by atoms with E-state index in [0.29, 0.717) is 22.4 Å². The maximum atomic E-state index is 12.6. The highest BCUT2D eigenvalue weighted by Gasteiger charge is 2.26. The molecular weight excluding hydrogens is 304 g/mol. The number of anilines is 2. The minimum absolute atomic E-state index is 0.0151. The summed E-state index contributed by atoms with van der Waals surface area (Å²) >= 11 is 3.10. The maximum absolute atomic E-state index is 12.6. The first-order valence-electron chi connectivity index (χ1n) is 6.92. The number of hydrogen-bond donors (Lipinski definition) is 2. The van der Waals surface area contributed by atoms with Gasteiger partial charge in [0.1, 0.15) is 10.7 Å². The van der Waals surface area contributed by atoms with Crippen LogP contribution >= 0.6 is 22.7 Å². The molecule has 0 saturated carbocycles. The summed E-state index contributed by atoms with van der Waals surface area (Å²) in [6, 6.07) is 2.36. The topological polar surface area (TPSA) is 71.2 Å². The minimum Gasteiger partial charge on any atom is -0.382 e. The number of carbonyl (C=O) groups is 1. The van der Waals surface area contributed by atoms with Crippen LogP contribution in [0.5, 0.6) is 0 Å². The van der Waals surface area contributed by atoms with Crippen molar-refractivity contribution in [2.24, 2.45) is 0 Å². The highest BCUT2D eigenvalue weighted by atomic mass is 32.1. The summed E-state index contributed by atoms with van der Waals surface area (Å²) in [6.45, 7) is 5.47. The second kappa shape index (κ2) is 5.65. The van der Waals surface area contributed by atoms with Crippen LogP contribution in [-0.4, -0.2) is 28.4 Å². The van der Waals surface area contributed by atoms with E-state index in [9.17, 15) is 4.79 Å². The van der Waals surface area contributed by atoms with E-state index < -0.39 is 0 Å². The van der Waals surface area contributed by atoms with Gasteiger partial charge in [0.15, 0.2) is 5.13 Å². The summed E-state index contributed by atoms with van der Waals surface area (Å²) in [5.74, 6) is 0.308. The predicted molar refractivity (Wildman–Crippen MR) is 88.0 cm³/mol. The first kappa shape index (κ1) is 14.3. The molecule has 0 aromatic carbocycles. The Balaban J connectivity index is 1.78. The van der Waals surface area contributed by atoms with Crippen molar-refractivity contribution < 1.29 is 4.79 Å². The molecule has 3 N–H and O–H groups in total. The molecule has 2 aromatic heterocycles. The van der Waals surface area contributed by atoms with Crippen molar-refractivity contribution in [3.63, 3.8) is 0 Å². The lowest BCUT2D eigenvalue weighted by atomic mass is 10.1. The smallest absolute Gasteiger partial charge is 0.268 e. The fourth-order valence-corrected chi connectivity index (χ4v) is 4.25. The van der Waals surface area contributed by atoms with E-state index in [4.69, 9.17) is 5.73 Å². The van der Waals surface area contributed by atoms with Crippen molar-refractivity contribution in [1.82, 2.24) is 9.88 Å². The molecule has 112 valence electrons. The summed E-state index contributed by atoms with van der Waals surface area (Å²) in [6.07, 6.45) is 0.925. The second-order valence-electron chi connectivity index (χ2n) is 5.38. The van der Waals surface area contributed by atoms with Gasteiger partial charge in [0.05, 0.1) is 0 Å². The molecule has 0 saturated heterocycles. The fourth-order valence-electron chi connectivity index (χ4n) is 2.36. The normalized spacial score (nSPS) is 14.3. The first-order valence-corrected chi connectivity index (χ1v) is 8.61. The van der Waals surface area contributed by atoms with Crippen LogP contribution in [0.25, 0.3) is 0 Å². The van der Waals surface area contributed by atoms with E-state index in [2.05, 4.69) is 21.7 Å². The molecule has 3 rings (SSSR count). The van der Waals surface area contributed by atoms with Crippen LogP contribution in [0.4, 0.5) is 10.9 Å². The zero-order valence-corrected chi connectivity index (χ0v) is 13.7. The molecule has 0 spiro atoms. The van der Waals surface area contributed by atoms with Gasteiger partial charge >= 0.3 is 0 Å². The molecule has 1 aliphatic heterocycles. The predicted octanol–water partition coefficient (Wildman–Crippen LogP) is 2.81. The van der Waals surface area contributed by atoms with Gasteiger partial charge in [-0.15, -0.1) is 11.3 Å². The summed E-state index contributed by atoms with van der Waals surface area (Å²) in [4.78, 5) is 20.7. The van der Waals surface area contributed by atoms with Crippen LogP contribution < -0.4 is 11.1 Å². The van der Waals surface area contributed by atoms with E-state index in [0.717, 1.165) is 13.0 Å². The molecule has 3 heterocycles. The number of nitrogens with one attached hydrogen (secondary N) is 1. The van der Waals surface area contributed by atoms with E-state index in [1.165, 1.54) is 21.8 Å². The maximum Gasteiger partial charge on any atom is 0.268 e. The van der Waals surface area contributed by atoms with Crippen molar-refractivity contribution in [1.29, 1.82) is 0 Å². The van der Waals surface area contributed by atoms with Gasteiger partial charge < -0.3 is 16.0 Å². The van der Waals surface area contributed by atoms with Gasteiger partial charge in [0.25, 0.3) is 5.91 Å². The monoisotopic (exact) mass is 322 g/mol. The largest absolute Gasteiger partial charge is 0.382 e. The molecule has 5 nitrogen and oxygen atoms in total. The number of amides is 1. The number of fused-ring (bicyclic) bond motifs is 1. The molecule has 0 aliphatic carbocycles. The Labute approximate surface area is 131 Å². The number of thiophene rings is 1. The number of rotatable bonds is 3. The van der Waals surface area contributed by atoms with Gasteiger partial charge in [-0.1, -0.05) is 11.3 Å². The standard InChI is InChI=1S/C14H18N4OS2/c1-8(2)16-14-17-12(15)11(21-14)13(19)18-5-3-10-9(7-18)4-6-20-10/h4,6,8H,3,5,7,15H2,1-2H3,(H,16,17). The van der Waals surface area contributed by atoms with Crippen LogP contribution in [0.3, 0.4) is 0 Å². The minimum atomic E-state index is -0.0151. The summed E-state index contributed by atoms with van der Waals surface area (Å²) in [5.41, 5.74) is 7.17. The van der Waals surface area contributed by atoms with Crippen LogP contribution in [-0.2, 0) is 13.0 Å². The Morgan fingerprint density at radius 2 is 2.33 bits per heavy atom. The number of thiazole rings is 1. The Hall–Kier alpha value is -1.60. The highest BCUT2D eigenvalue weighted by molar-refractivity contribution is 7.18. The van der Waals surface area contributed by atoms with E-state index in [1.807, 2.05) is 18.7 Å². The van der Waals surface area contributed by atoms with Crippen LogP contribution in [0, 0.1) is 0 Å². The van der Waals surface area contributed by atoms with E-state index in [-0.39, 0.29) is 11.9 Å². The Bertz CT molecular complexity index is 662. The molecule has 0 bridgehead atoms. The van der Waals surface area contributed by atoms with Gasteiger partial charge in [-0.05, 0) is 37.3 Å². The zero-order chi connectivity index (χ0) is 15.0. The van der Waals surface area contributed by atoms with Crippen molar-refractivity contribution >= 4 is 39.5 Å². The molecule has 21 heavy (non-hydrogen) atoms. The van der Waals surface area contributed by atoms with Gasteiger partial charge in [-0.3, -0.25) is 4.79 Å². The van der Waals surface area contributed by atoms with Gasteiger partial charge in [-0.2, -0.15) is 0 Å². The molecule has 0 unspecified atom stereocenters. The quantitative estimate of drug-likeness (QED) is 0.911. The number of nitrogens with two attached hydrogens (primary N) is 1. The third-order valence-electron chi connectivity index (χ3n) is 3.35. The Kier molecular flexibility index (Phi) is 3.86. The number of aromatic nitrogens is 1. The third-order valence-corrected chi connectivity index (χ3v) is 5.37. The average Bonchev–Trinajstić information content (AvgIpc) is 3.02. The molecule has 1 aliphatic rings. The van der Waals surface area contributed by atoms with E-state index in [1.54, 1.807) is 11.3 Å². The molecule has 7 heteroatoms.